The monoisotopic (exact) mass is 475 g/mol. The van der Waals surface area contributed by atoms with Gasteiger partial charge in [0, 0.05) is 34.5 Å². The van der Waals surface area contributed by atoms with Crippen LogP contribution in [0.1, 0.15) is 18.5 Å². The third-order valence-electron chi connectivity index (χ3n) is 5.18. The van der Waals surface area contributed by atoms with E-state index in [-0.39, 0.29) is 21.4 Å². The molecular weight excluding hydrogens is 458 g/mol. The molecule has 32 heavy (non-hydrogen) atoms. The Hall–Kier alpha value is -3.37. The number of benzene rings is 2. The average Bonchev–Trinajstić information content (AvgIpc) is 2.78. The van der Waals surface area contributed by atoms with Crippen molar-refractivity contribution in [3.05, 3.63) is 68.4 Å². The molecule has 166 valence electrons. The van der Waals surface area contributed by atoms with Gasteiger partial charge in [0.1, 0.15) is 13.2 Å². The van der Waals surface area contributed by atoms with Gasteiger partial charge in [0.25, 0.3) is 5.69 Å². The Kier molecular flexibility index (Phi) is 5.90. The van der Waals surface area contributed by atoms with Crippen LogP contribution in [0.2, 0.25) is 5.02 Å². The number of ether oxygens (including phenoxy) is 3. The number of nitrogens with zero attached hydrogens (tertiary/aromatic N) is 2. The van der Waals surface area contributed by atoms with Gasteiger partial charge in [-0.1, -0.05) is 11.6 Å². The lowest BCUT2D eigenvalue weighted by Gasteiger charge is -2.37. The van der Waals surface area contributed by atoms with E-state index in [4.69, 9.17) is 38.0 Å². The summed E-state index contributed by atoms with van der Waals surface area (Å²) >= 11 is 12.0. The molecule has 0 amide bonds. The molecular formula is C21H18ClN3O6S. The van der Waals surface area contributed by atoms with Crippen molar-refractivity contribution in [3.8, 4) is 11.5 Å². The number of nitrogens with one attached hydrogen (secondary N) is 1. The third kappa shape index (κ3) is 3.82. The lowest BCUT2D eigenvalue weighted by molar-refractivity contribution is -0.384. The predicted octanol–water partition coefficient (Wildman–Crippen LogP) is 3.90. The fraction of sp³-hybridized carbons (Fsp3) is 0.238. The first-order chi connectivity index (χ1) is 15.3. The number of nitro benzene ring substituents is 1. The van der Waals surface area contributed by atoms with E-state index in [1.165, 1.54) is 25.3 Å². The summed E-state index contributed by atoms with van der Waals surface area (Å²) in [6.07, 6.45) is 0. The van der Waals surface area contributed by atoms with Gasteiger partial charge in [0.2, 0.25) is 0 Å². The normalized spacial score (nSPS) is 17.7. The molecule has 2 aromatic carbocycles. The van der Waals surface area contributed by atoms with Crippen molar-refractivity contribution in [1.82, 2.24) is 5.32 Å². The minimum absolute atomic E-state index is 0.159. The second kappa shape index (κ2) is 8.64. The molecule has 0 aliphatic carbocycles. The van der Waals surface area contributed by atoms with Crippen LogP contribution in [0, 0.1) is 10.1 Å². The van der Waals surface area contributed by atoms with Gasteiger partial charge in [-0.25, -0.2) is 4.79 Å². The number of nitro groups is 1. The van der Waals surface area contributed by atoms with Crippen molar-refractivity contribution in [2.45, 2.75) is 13.0 Å². The van der Waals surface area contributed by atoms with Crippen LogP contribution in [0.15, 0.2) is 47.7 Å². The zero-order valence-electron chi connectivity index (χ0n) is 17.1. The van der Waals surface area contributed by atoms with Crippen LogP contribution in [0.5, 0.6) is 11.5 Å². The number of non-ortho nitro benzene ring substituents is 1. The maximum Gasteiger partial charge on any atom is 0.337 e. The molecule has 11 heteroatoms. The molecule has 0 saturated carbocycles. The van der Waals surface area contributed by atoms with Crippen LogP contribution in [0.4, 0.5) is 11.4 Å². The Morgan fingerprint density at radius 2 is 1.97 bits per heavy atom. The van der Waals surface area contributed by atoms with E-state index in [2.05, 4.69) is 5.32 Å². The molecule has 0 spiro atoms. The summed E-state index contributed by atoms with van der Waals surface area (Å²) in [6, 6.07) is 8.51. The Labute approximate surface area is 193 Å². The summed E-state index contributed by atoms with van der Waals surface area (Å²) in [7, 11) is 1.26. The van der Waals surface area contributed by atoms with Gasteiger partial charge in [0.15, 0.2) is 16.6 Å². The van der Waals surface area contributed by atoms with Crippen molar-refractivity contribution in [1.29, 1.82) is 0 Å². The number of carbonyl (C=O) groups is 1. The highest BCUT2D eigenvalue weighted by molar-refractivity contribution is 7.80. The number of hydrogen-bond acceptors (Lipinski definition) is 7. The molecule has 1 atom stereocenters. The van der Waals surface area contributed by atoms with E-state index in [1.807, 2.05) is 0 Å². The fourth-order valence-electron chi connectivity index (χ4n) is 3.70. The fourth-order valence-corrected chi connectivity index (χ4v) is 4.29. The number of carbonyl (C=O) groups excluding carboxylic acids is 1. The molecule has 0 fully saturated rings. The number of allylic oxidation sites excluding steroid dienone is 1. The van der Waals surface area contributed by atoms with E-state index in [0.29, 0.717) is 41.7 Å². The Bertz CT molecular complexity index is 1170. The lowest BCUT2D eigenvalue weighted by atomic mass is 9.94. The quantitative estimate of drug-likeness (QED) is 0.305. The number of hydrogen-bond donors (Lipinski definition) is 1. The standard InChI is InChI=1S/C21H18ClN3O6S/c1-11-18(20(26)29-2)19(14-9-13(25(27)28)3-5-15(14)22)23-21(32)24(11)12-4-6-16-17(10-12)31-8-7-30-16/h3-6,9-10,19H,7-8H2,1-2H3,(H,23,32). The van der Waals surface area contributed by atoms with Gasteiger partial charge in [-0.15, -0.1) is 0 Å². The Morgan fingerprint density at radius 1 is 1.25 bits per heavy atom. The van der Waals surface area contributed by atoms with Crippen LogP contribution in [0.25, 0.3) is 0 Å². The van der Waals surface area contributed by atoms with Crippen LogP contribution < -0.4 is 19.7 Å². The summed E-state index contributed by atoms with van der Waals surface area (Å²) in [5, 5.41) is 14.9. The lowest BCUT2D eigenvalue weighted by Crippen LogP contribution is -2.48. The van der Waals surface area contributed by atoms with E-state index in [0.717, 1.165) is 0 Å². The molecule has 2 aliphatic heterocycles. The minimum Gasteiger partial charge on any atom is -0.486 e. The van der Waals surface area contributed by atoms with Crippen molar-refractivity contribution in [2.75, 3.05) is 25.2 Å². The topological polar surface area (TPSA) is 103 Å². The molecule has 1 N–H and O–H groups in total. The maximum absolute atomic E-state index is 12.8. The molecule has 2 aromatic rings. The molecule has 0 saturated heterocycles. The minimum atomic E-state index is -0.837. The summed E-state index contributed by atoms with van der Waals surface area (Å²) < 4.78 is 16.2. The van der Waals surface area contributed by atoms with Gasteiger partial charge in [-0.2, -0.15) is 0 Å². The number of fused-ring (bicyclic) bond motifs is 1. The first-order valence-electron chi connectivity index (χ1n) is 9.55. The molecule has 2 heterocycles. The zero-order chi connectivity index (χ0) is 23.0. The number of anilines is 1. The second-order valence-corrected chi connectivity index (χ2v) is 7.79. The number of methoxy groups -OCH3 is 1. The number of halogens is 1. The van der Waals surface area contributed by atoms with Crippen LogP contribution >= 0.6 is 23.8 Å². The van der Waals surface area contributed by atoms with E-state index >= 15 is 0 Å². The summed E-state index contributed by atoms with van der Waals surface area (Å²) in [5.41, 5.74) is 1.54. The highest BCUT2D eigenvalue weighted by atomic mass is 35.5. The zero-order valence-corrected chi connectivity index (χ0v) is 18.7. The summed E-state index contributed by atoms with van der Waals surface area (Å²) in [6.45, 7) is 2.61. The molecule has 2 aliphatic rings. The average molecular weight is 476 g/mol. The molecule has 1 unspecified atom stereocenters. The van der Waals surface area contributed by atoms with E-state index in [1.54, 1.807) is 30.0 Å². The maximum atomic E-state index is 12.8. The van der Waals surface area contributed by atoms with Crippen molar-refractivity contribution in [3.63, 3.8) is 0 Å². The Balaban J connectivity index is 1.84. The molecule has 0 aromatic heterocycles. The third-order valence-corrected chi connectivity index (χ3v) is 5.82. The largest absolute Gasteiger partial charge is 0.486 e. The van der Waals surface area contributed by atoms with Gasteiger partial charge < -0.3 is 19.5 Å². The first-order valence-corrected chi connectivity index (χ1v) is 10.3. The smallest absolute Gasteiger partial charge is 0.337 e. The summed E-state index contributed by atoms with van der Waals surface area (Å²) in [4.78, 5) is 25.2. The van der Waals surface area contributed by atoms with E-state index < -0.39 is 16.9 Å². The molecule has 0 radical (unpaired) electrons. The van der Waals surface area contributed by atoms with E-state index in [9.17, 15) is 14.9 Å². The van der Waals surface area contributed by atoms with Crippen molar-refractivity contribution < 1.29 is 23.9 Å². The Morgan fingerprint density at radius 3 is 2.66 bits per heavy atom. The number of thiocarbonyl (C=S) groups is 1. The predicted molar refractivity (Wildman–Crippen MR) is 121 cm³/mol. The van der Waals surface area contributed by atoms with Crippen molar-refractivity contribution in [2.24, 2.45) is 0 Å². The summed E-state index contributed by atoms with van der Waals surface area (Å²) in [5.74, 6) is 0.562. The van der Waals surface area contributed by atoms with Gasteiger partial charge >= 0.3 is 5.97 Å². The number of rotatable bonds is 4. The SMILES string of the molecule is COC(=O)C1=C(C)N(c2ccc3c(c2)OCCO3)C(=S)NC1c1cc([N+](=O)[O-])ccc1Cl. The number of esters is 1. The highest BCUT2D eigenvalue weighted by Gasteiger charge is 2.37. The van der Waals surface area contributed by atoms with Gasteiger partial charge in [-0.05, 0) is 37.3 Å². The van der Waals surface area contributed by atoms with Crippen LogP contribution in [-0.4, -0.2) is 36.3 Å². The first kappa shape index (κ1) is 21.8. The molecule has 4 rings (SSSR count). The van der Waals surface area contributed by atoms with Gasteiger partial charge in [-0.3, -0.25) is 15.0 Å². The molecule has 9 nitrogen and oxygen atoms in total. The van der Waals surface area contributed by atoms with Gasteiger partial charge in [0.05, 0.1) is 29.3 Å². The molecule has 0 bridgehead atoms. The van der Waals surface area contributed by atoms with Crippen molar-refractivity contribution >= 4 is 46.3 Å². The highest BCUT2D eigenvalue weighted by Crippen LogP contribution is 2.40. The second-order valence-electron chi connectivity index (χ2n) is 7.00. The van der Waals surface area contributed by atoms with Crippen LogP contribution in [0.3, 0.4) is 0 Å². The van der Waals surface area contributed by atoms with Crippen LogP contribution in [-0.2, 0) is 9.53 Å².